The van der Waals surface area contributed by atoms with E-state index >= 15 is 0 Å². The second-order valence-corrected chi connectivity index (χ2v) is 9.97. The van der Waals surface area contributed by atoms with Gasteiger partial charge in [0.15, 0.2) is 0 Å². The van der Waals surface area contributed by atoms with Crippen LogP contribution in [-0.4, -0.2) is 42.0 Å². The lowest BCUT2D eigenvalue weighted by molar-refractivity contribution is 0.316. The second kappa shape index (κ2) is 6.42. The molecule has 4 aromatic rings. The second-order valence-electron chi connectivity index (χ2n) is 9.97. The lowest BCUT2D eigenvalue weighted by atomic mass is 9.83. The molecule has 0 amide bonds. The standard InChI is InChI=1S/C25H24N8/c1-31-13-19(12-29-31)17-6-21(24-18(9-26)11-30-32(24)14-17)16-2-3-23(28-10-16)33-20-4-15-5-22(33)25(27,7-15)8-20/h2-3,6,10-15,20,22H,4-5,7-8,27H2,1H3. The lowest BCUT2D eigenvalue weighted by Gasteiger charge is -2.36. The Labute approximate surface area is 191 Å². The topological polar surface area (TPSA) is 101 Å². The normalized spacial score (nSPS) is 27.5. The number of fused-ring (bicyclic) bond motifs is 1. The highest BCUT2D eigenvalue weighted by Gasteiger charge is 2.60. The molecule has 2 aliphatic heterocycles. The monoisotopic (exact) mass is 436 g/mol. The summed E-state index contributed by atoms with van der Waals surface area (Å²) in [6.45, 7) is 0. The molecule has 33 heavy (non-hydrogen) atoms. The Hall–Kier alpha value is -3.70. The molecular formula is C25H24N8. The highest BCUT2D eigenvalue weighted by molar-refractivity contribution is 5.87. The summed E-state index contributed by atoms with van der Waals surface area (Å²) in [7, 11) is 1.90. The van der Waals surface area contributed by atoms with Gasteiger partial charge in [0, 0.05) is 65.5 Å². The van der Waals surface area contributed by atoms with E-state index in [2.05, 4.69) is 39.4 Å². The van der Waals surface area contributed by atoms with Crippen LogP contribution in [0.1, 0.15) is 31.2 Å². The summed E-state index contributed by atoms with van der Waals surface area (Å²) in [6.07, 6.45) is 13.9. The van der Waals surface area contributed by atoms with E-state index in [0.29, 0.717) is 17.6 Å². The maximum Gasteiger partial charge on any atom is 0.129 e. The van der Waals surface area contributed by atoms with Gasteiger partial charge in [0.2, 0.25) is 0 Å². The maximum atomic E-state index is 9.67. The van der Waals surface area contributed by atoms with Crippen molar-refractivity contribution >= 4 is 11.3 Å². The van der Waals surface area contributed by atoms with E-state index < -0.39 is 0 Å². The number of rotatable bonds is 3. The molecule has 6 heterocycles. The van der Waals surface area contributed by atoms with Crippen LogP contribution >= 0.6 is 0 Å². The van der Waals surface area contributed by atoms with Crippen LogP contribution in [0, 0.1) is 17.2 Å². The first kappa shape index (κ1) is 18.8. The van der Waals surface area contributed by atoms with Crippen molar-refractivity contribution in [3.63, 3.8) is 0 Å². The molecule has 2 N–H and O–H groups in total. The van der Waals surface area contributed by atoms with Gasteiger partial charge in [0.25, 0.3) is 0 Å². The molecule has 4 aliphatic rings. The van der Waals surface area contributed by atoms with Gasteiger partial charge in [-0.2, -0.15) is 15.5 Å². The first-order chi connectivity index (χ1) is 16.0. The van der Waals surface area contributed by atoms with Gasteiger partial charge in [-0.3, -0.25) is 4.68 Å². The third kappa shape index (κ3) is 2.63. The Balaban J connectivity index is 1.32. The van der Waals surface area contributed by atoms with Gasteiger partial charge in [0.05, 0.1) is 23.5 Å². The van der Waals surface area contributed by atoms with Crippen molar-refractivity contribution < 1.29 is 0 Å². The zero-order valence-electron chi connectivity index (χ0n) is 18.4. The largest absolute Gasteiger partial charge is 0.349 e. The third-order valence-electron chi connectivity index (χ3n) is 7.93. The van der Waals surface area contributed by atoms with E-state index in [1.807, 2.05) is 31.8 Å². The molecule has 4 bridgehead atoms. The summed E-state index contributed by atoms with van der Waals surface area (Å²) in [4.78, 5) is 7.38. The van der Waals surface area contributed by atoms with Crippen molar-refractivity contribution in [2.24, 2.45) is 18.7 Å². The van der Waals surface area contributed by atoms with Crippen LogP contribution in [0.4, 0.5) is 5.82 Å². The van der Waals surface area contributed by atoms with Crippen molar-refractivity contribution in [3.05, 3.63) is 54.7 Å². The molecule has 4 aromatic heterocycles. The van der Waals surface area contributed by atoms with Crippen LogP contribution in [0.15, 0.2) is 49.2 Å². The Morgan fingerprint density at radius 3 is 2.70 bits per heavy atom. The summed E-state index contributed by atoms with van der Waals surface area (Å²) < 4.78 is 3.56. The van der Waals surface area contributed by atoms with Gasteiger partial charge in [0.1, 0.15) is 11.9 Å². The minimum atomic E-state index is -0.0442. The highest BCUT2D eigenvalue weighted by Crippen LogP contribution is 2.55. The number of nitrogens with two attached hydrogens (primary N) is 1. The number of nitrogens with zero attached hydrogens (tertiary/aromatic N) is 7. The number of aromatic nitrogens is 5. The van der Waals surface area contributed by atoms with Crippen LogP contribution in [0.5, 0.6) is 0 Å². The predicted molar refractivity (Wildman–Crippen MR) is 124 cm³/mol. The minimum absolute atomic E-state index is 0.0442. The van der Waals surface area contributed by atoms with Gasteiger partial charge in [-0.25, -0.2) is 9.50 Å². The first-order valence-electron chi connectivity index (χ1n) is 11.5. The number of aryl methyl sites for hydroxylation is 1. The molecular weight excluding hydrogens is 412 g/mol. The van der Waals surface area contributed by atoms with Crippen LogP contribution in [0.3, 0.4) is 0 Å². The van der Waals surface area contributed by atoms with Crippen LogP contribution < -0.4 is 10.6 Å². The van der Waals surface area contributed by atoms with Crippen molar-refractivity contribution in [1.29, 1.82) is 5.26 Å². The average Bonchev–Trinajstić information content (AvgIpc) is 3.53. The number of hydrogen-bond donors (Lipinski definition) is 1. The van der Waals surface area contributed by atoms with E-state index in [1.54, 1.807) is 15.4 Å². The van der Waals surface area contributed by atoms with Gasteiger partial charge < -0.3 is 10.6 Å². The molecule has 8 nitrogen and oxygen atoms in total. The Morgan fingerprint density at radius 2 is 1.97 bits per heavy atom. The van der Waals surface area contributed by atoms with Gasteiger partial charge in [-0.15, -0.1) is 0 Å². The van der Waals surface area contributed by atoms with Crippen molar-refractivity contribution in [1.82, 2.24) is 24.4 Å². The number of pyridine rings is 2. The molecule has 164 valence electrons. The van der Waals surface area contributed by atoms with Crippen LogP contribution in [0.25, 0.3) is 27.8 Å². The zero-order valence-corrected chi connectivity index (χ0v) is 18.4. The number of piperidine rings is 1. The van der Waals surface area contributed by atoms with E-state index in [0.717, 1.165) is 52.3 Å². The Kier molecular flexibility index (Phi) is 3.67. The number of nitriles is 1. The van der Waals surface area contributed by atoms with E-state index in [1.165, 1.54) is 12.8 Å². The van der Waals surface area contributed by atoms with E-state index in [-0.39, 0.29) is 5.54 Å². The molecule has 2 saturated heterocycles. The zero-order chi connectivity index (χ0) is 22.3. The number of hydrogen-bond acceptors (Lipinski definition) is 6. The molecule has 8 rings (SSSR count). The summed E-state index contributed by atoms with van der Waals surface area (Å²) in [5.41, 5.74) is 11.9. The molecule has 4 unspecified atom stereocenters. The molecule has 4 fully saturated rings. The smallest absolute Gasteiger partial charge is 0.129 e. The fourth-order valence-electron chi connectivity index (χ4n) is 6.67. The predicted octanol–water partition coefficient (Wildman–Crippen LogP) is 3.13. The molecule has 0 radical (unpaired) electrons. The number of anilines is 1. The first-order valence-corrected chi connectivity index (χ1v) is 11.5. The lowest BCUT2D eigenvalue weighted by Crippen LogP contribution is -2.47. The van der Waals surface area contributed by atoms with Gasteiger partial charge >= 0.3 is 0 Å². The Morgan fingerprint density at radius 1 is 1.06 bits per heavy atom. The maximum absolute atomic E-state index is 9.67. The summed E-state index contributed by atoms with van der Waals surface area (Å²) in [5, 5.41) is 18.4. The molecule has 4 atom stereocenters. The van der Waals surface area contributed by atoms with Crippen LogP contribution in [0.2, 0.25) is 0 Å². The SMILES string of the molecule is Cn1cc(-c2cc(-c3ccc(N4C5CC6CC4C(N)(C6)C5)nc3)c3c(C#N)cnn3c2)cn1. The van der Waals surface area contributed by atoms with Crippen LogP contribution in [-0.2, 0) is 7.05 Å². The molecule has 2 aliphatic carbocycles. The summed E-state index contributed by atoms with van der Waals surface area (Å²) in [6, 6.07) is 9.51. The van der Waals surface area contributed by atoms with Gasteiger partial charge in [-0.05, 0) is 49.8 Å². The highest BCUT2D eigenvalue weighted by atomic mass is 15.3. The van der Waals surface area contributed by atoms with Gasteiger partial charge in [-0.1, -0.05) is 0 Å². The Bertz CT molecular complexity index is 1440. The van der Waals surface area contributed by atoms with E-state index in [4.69, 9.17) is 10.7 Å². The van der Waals surface area contributed by atoms with Crippen molar-refractivity contribution in [2.45, 2.75) is 43.3 Å². The van der Waals surface area contributed by atoms with Crippen molar-refractivity contribution in [2.75, 3.05) is 4.90 Å². The summed E-state index contributed by atoms with van der Waals surface area (Å²) in [5.74, 6) is 1.79. The average molecular weight is 437 g/mol. The van der Waals surface area contributed by atoms with Crippen molar-refractivity contribution in [3.8, 4) is 28.3 Å². The minimum Gasteiger partial charge on any atom is -0.349 e. The molecule has 0 aromatic carbocycles. The van der Waals surface area contributed by atoms with E-state index in [9.17, 15) is 5.26 Å². The fraction of sp³-hybridized carbons (Fsp3) is 0.360. The molecule has 0 spiro atoms. The quantitative estimate of drug-likeness (QED) is 0.530. The summed E-state index contributed by atoms with van der Waals surface area (Å²) >= 11 is 0. The molecule has 2 saturated carbocycles. The molecule has 8 heteroatoms. The fourth-order valence-corrected chi connectivity index (χ4v) is 6.67. The third-order valence-corrected chi connectivity index (χ3v) is 7.93.